The van der Waals surface area contributed by atoms with E-state index in [1.54, 1.807) is 29.2 Å². The molecule has 0 saturated carbocycles. The molecular formula is C23H17F2NO. The summed E-state index contributed by atoms with van der Waals surface area (Å²) in [5.41, 5.74) is 4.78. The topological polar surface area (TPSA) is 20.3 Å². The Labute approximate surface area is 156 Å². The Morgan fingerprint density at radius 1 is 0.741 bits per heavy atom. The van der Waals surface area contributed by atoms with Crippen LogP contribution < -0.4 is 4.90 Å². The number of aryl methyl sites for hydroxylation is 1. The van der Waals surface area contributed by atoms with Crippen LogP contribution in [0.5, 0.6) is 0 Å². The fraction of sp³-hybridized carbons (Fsp3) is 0.0870. The Hall–Kier alpha value is -3.27. The second kappa shape index (κ2) is 6.80. The Morgan fingerprint density at radius 2 is 1.26 bits per heavy atom. The van der Waals surface area contributed by atoms with Gasteiger partial charge in [-0.2, -0.15) is 0 Å². The lowest BCUT2D eigenvalue weighted by atomic mass is 9.96. The molecule has 1 amide bonds. The molecule has 2 nitrogen and oxygen atoms in total. The van der Waals surface area contributed by atoms with E-state index < -0.39 is 0 Å². The van der Waals surface area contributed by atoms with Gasteiger partial charge < -0.3 is 4.90 Å². The highest BCUT2D eigenvalue weighted by Gasteiger charge is 2.32. The van der Waals surface area contributed by atoms with Gasteiger partial charge in [-0.25, -0.2) is 8.78 Å². The third-order valence-corrected chi connectivity index (χ3v) is 4.75. The Bertz CT molecular complexity index is 1020. The van der Waals surface area contributed by atoms with Crippen molar-refractivity contribution >= 4 is 22.7 Å². The maximum atomic E-state index is 13.4. The maximum Gasteiger partial charge on any atom is 0.259 e. The predicted octanol–water partition coefficient (Wildman–Crippen LogP) is 5.23. The van der Waals surface area contributed by atoms with Crippen molar-refractivity contribution in [2.75, 3.05) is 11.4 Å². The predicted molar refractivity (Wildman–Crippen MR) is 103 cm³/mol. The van der Waals surface area contributed by atoms with Crippen molar-refractivity contribution < 1.29 is 13.6 Å². The number of carbonyl (C=O) groups is 1. The van der Waals surface area contributed by atoms with Gasteiger partial charge in [0.25, 0.3) is 5.91 Å². The molecule has 0 fully saturated rings. The first-order valence-electron chi connectivity index (χ1n) is 8.66. The van der Waals surface area contributed by atoms with Crippen LogP contribution in [0.25, 0.3) is 11.1 Å². The number of benzene rings is 3. The van der Waals surface area contributed by atoms with Gasteiger partial charge in [0.2, 0.25) is 0 Å². The molecule has 3 aromatic carbocycles. The van der Waals surface area contributed by atoms with E-state index >= 15 is 0 Å². The van der Waals surface area contributed by atoms with E-state index in [9.17, 15) is 13.6 Å². The second-order valence-electron chi connectivity index (χ2n) is 6.59. The number of hydrogen-bond acceptors (Lipinski definition) is 1. The van der Waals surface area contributed by atoms with Gasteiger partial charge in [-0.1, -0.05) is 42.0 Å². The van der Waals surface area contributed by atoms with Crippen molar-refractivity contribution in [2.24, 2.45) is 0 Å². The number of nitrogens with zero attached hydrogens (tertiary/aromatic N) is 1. The molecule has 0 saturated heterocycles. The third-order valence-electron chi connectivity index (χ3n) is 4.75. The molecule has 0 radical (unpaired) electrons. The van der Waals surface area contributed by atoms with Gasteiger partial charge in [0, 0.05) is 5.69 Å². The van der Waals surface area contributed by atoms with Crippen molar-refractivity contribution in [3.8, 4) is 0 Å². The first-order chi connectivity index (χ1) is 13.0. The van der Waals surface area contributed by atoms with E-state index in [-0.39, 0.29) is 17.5 Å². The van der Waals surface area contributed by atoms with Crippen molar-refractivity contribution in [3.05, 3.63) is 101 Å². The zero-order chi connectivity index (χ0) is 19.0. The molecule has 3 aromatic rings. The van der Waals surface area contributed by atoms with E-state index in [1.165, 1.54) is 24.3 Å². The Balaban J connectivity index is 1.82. The highest BCUT2D eigenvalue weighted by atomic mass is 19.1. The molecule has 4 heteroatoms. The van der Waals surface area contributed by atoms with Gasteiger partial charge in [0.15, 0.2) is 0 Å². The van der Waals surface area contributed by atoms with Crippen molar-refractivity contribution in [1.82, 2.24) is 0 Å². The normalized spacial score (nSPS) is 14.2. The zero-order valence-electron chi connectivity index (χ0n) is 14.7. The van der Waals surface area contributed by atoms with E-state index in [0.29, 0.717) is 23.4 Å². The Kier molecular flexibility index (Phi) is 4.32. The van der Waals surface area contributed by atoms with Crippen LogP contribution >= 0.6 is 0 Å². The standard InChI is InChI=1S/C23H17F2NO/c1-15-2-4-16(5-3-15)21-14-26(20-12-10-19(25)11-13-20)23(27)22(21)17-6-8-18(24)9-7-17/h2-13H,14H2,1H3. The summed E-state index contributed by atoms with van der Waals surface area (Å²) in [6, 6.07) is 19.7. The lowest BCUT2D eigenvalue weighted by Crippen LogP contribution is -2.26. The molecule has 0 atom stereocenters. The quantitative estimate of drug-likeness (QED) is 0.625. The fourth-order valence-corrected chi connectivity index (χ4v) is 3.31. The molecule has 0 bridgehead atoms. The second-order valence-corrected chi connectivity index (χ2v) is 6.59. The molecular weight excluding hydrogens is 344 g/mol. The molecule has 0 aliphatic carbocycles. The van der Waals surface area contributed by atoms with E-state index in [2.05, 4.69) is 0 Å². The number of rotatable bonds is 3. The summed E-state index contributed by atoms with van der Waals surface area (Å²) in [5, 5.41) is 0. The zero-order valence-corrected chi connectivity index (χ0v) is 14.7. The molecule has 1 aliphatic heterocycles. The number of hydrogen-bond donors (Lipinski definition) is 0. The average molecular weight is 361 g/mol. The molecule has 4 rings (SSSR count). The van der Waals surface area contributed by atoms with Crippen LogP contribution in [0, 0.1) is 18.6 Å². The fourth-order valence-electron chi connectivity index (χ4n) is 3.31. The Morgan fingerprint density at radius 3 is 1.85 bits per heavy atom. The number of anilines is 1. The minimum atomic E-state index is -0.351. The molecule has 134 valence electrons. The van der Waals surface area contributed by atoms with Gasteiger partial charge in [-0.3, -0.25) is 4.79 Å². The molecule has 0 spiro atoms. The third kappa shape index (κ3) is 3.26. The van der Waals surface area contributed by atoms with E-state index in [1.807, 2.05) is 31.2 Å². The molecule has 0 unspecified atom stereocenters. The van der Waals surface area contributed by atoms with Crippen LogP contribution in [0.1, 0.15) is 16.7 Å². The molecule has 0 aromatic heterocycles. The summed E-state index contributed by atoms with van der Waals surface area (Å²) in [6.07, 6.45) is 0. The summed E-state index contributed by atoms with van der Waals surface area (Å²) in [4.78, 5) is 14.8. The number of amides is 1. The van der Waals surface area contributed by atoms with Crippen molar-refractivity contribution in [3.63, 3.8) is 0 Å². The SMILES string of the molecule is Cc1ccc(C2=C(c3ccc(F)cc3)C(=O)N(c3ccc(F)cc3)C2)cc1. The van der Waals surface area contributed by atoms with Gasteiger partial charge >= 0.3 is 0 Å². The lowest BCUT2D eigenvalue weighted by Gasteiger charge is -2.17. The van der Waals surface area contributed by atoms with Crippen molar-refractivity contribution in [2.45, 2.75) is 6.92 Å². The van der Waals surface area contributed by atoms with Crippen LogP contribution in [0.3, 0.4) is 0 Å². The first-order valence-corrected chi connectivity index (χ1v) is 8.66. The summed E-state index contributed by atoms with van der Waals surface area (Å²) < 4.78 is 26.6. The van der Waals surface area contributed by atoms with Gasteiger partial charge in [-0.15, -0.1) is 0 Å². The van der Waals surface area contributed by atoms with Gasteiger partial charge in [0.1, 0.15) is 11.6 Å². The van der Waals surface area contributed by atoms with Crippen LogP contribution in [-0.4, -0.2) is 12.5 Å². The smallest absolute Gasteiger partial charge is 0.259 e. The van der Waals surface area contributed by atoms with Crippen LogP contribution in [-0.2, 0) is 4.79 Å². The monoisotopic (exact) mass is 361 g/mol. The summed E-state index contributed by atoms with van der Waals surface area (Å²) >= 11 is 0. The summed E-state index contributed by atoms with van der Waals surface area (Å²) in [7, 11) is 0. The lowest BCUT2D eigenvalue weighted by molar-refractivity contribution is -0.112. The molecule has 1 heterocycles. The van der Waals surface area contributed by atoms with Crippen LogP contribution in [0.4, 0.5) is 14.5 Å². The molecule has 0 N–H and O–H groups in total. The minimum Gasteiger partial charge on any atom is -0.304 e. The maximum absolute atomic E-state index is 13.4. The van der Waals surface area contributed by atoms with Crippen molar-refractivity contribution in [1.29, 1.82) is 0 Å². The average Bonchev–Trinajstić information content (AvgIpc) is 3.01. The van der Waals surface area contributed by atoms with E-state index in [0.717, 1.165) is 16.7 Å². The van der Waals surface area contributed by atoms with Gasteiger partial charge in [-0.05, 0) is 60.0 Å². The summed E-state index contributed by atoms with van der Waals surface area (Å²) in [5.74, 6) is -0.878. The number of halogens is 2. The van der Waals surface area contributed by atoms with Gasteiger partial charge in [0.05, 0.1) is 12.1 Å². The first kappa shape index (κ1) is 17.2. The highest BCUT2D eigenvalue weighted by Crippen LogP contribution is 2.37. The highest BCUT2D eigenvalue weighted by molar-refractivity contribution is 6.36. The molecule has 27 heavy (non-hydrogen) atoms. The number of carbonyl (C=O) groups excluding carboxylic acids is 1. The largest absolute Gasteiger partial charge is 0.304 e. The van der Waals surface area contributed by atoms with Crippen LogP contribution in [0.2, 0.25) is 0 Å². The minimum absolute atomic E-state index is 0.177. The van der Waals surface area contributed by atoms with E-state index in [4.69, 9.17) is 0 Å². The summed E-state index contributed by atoms with van der Waals surface area (Å²) in [6.45, 7) is 2.38. The van der Waals surface area contributed by atoms with Crippen LogP contribution in [0.15, 0.2) is 72.8 Å². The molecule has 1 aliphatic rings.